The van der Waals surface area contributed by atoms with Crippen LogP contribution in [0.5, 0.6) is 0 Å². The average Bonchev–Trinajstić information content (AvgIpc) is 2.28. The highest BCUT2D eigenvalue weighted by Gasteiger charge is 2.51. The zero-order valence-electron chi connectivity index (χ0n) is 12.0. The lowest BCUT2D eigenvalue weighted by Gasteiger charge is -2.33. The van der Waals surface area contributed by atoms with Gasteiger partial charge in [0, 0.05) is 12.8 Å². The van der Waals surface area contributed by atoms with E-state index >= 15 is 0 Å². The maximum Gasteiger partial charge on any atom is 0.323 e. The van der Waals surface area contributed by atoms with Crippen LogP contribution in [-0.4, -0.2) is 29.9 Å². The van der Waals surface area contributed by atoms with Gasteiger partial charge >= 0.3 is 11.9 Å². The molecule has 0 aliphatic heterocycles. The molecule has 0 bridgehead atoms. The molecule has 0 unspecified atom stereocenters. The summed E-state index contributed by atoms with van der Waals surface area (Å²) in [6, 6.07) is 0. The fourth-order valence-corrected chi connectivity index (χ4v) is 2.10. The molecule has 0 aromatic heterocycles. The zero-order chi connectivity index (χ0) is 14.6. The number of ketones is 1. The predicted molar refractivity (Wildman–Crippen MR) is 68.4 cm³/mol. The Morgan fingerprint density at radius 1 is 0.947 bits per heavy atom. The first kappa shape index (κ1) is 15.7. The van der Waals surface area contributed by atoms with Gasteiger partial charge in [0.25, 0.3) is 0 Å². The summed E-state index contributed by atoms with van der Waals surface area (Å²) in [6.45, 7) is 6.92. The average molecular weight is 270 g/mol. The molecular formula is C14H22O5. The Kier molecular flexibility index (Phi) is 5.09. The van der Waals surface area contributed by atoms with Crippen LogP contribution in [0.1, 0.15) is 53.4 Å². The Labute approximate surface area is 113 Å². The molecule has 0 heterocycles. The van der Waals surface area contributed by atoms with Crippen molar-refractivity contribution in [2.75, 3.05) is 0 Å². The van der Waals surface area contributed by atoms with Crippen LogP contribution in [0.4, 0.5) is 0 Å². The van der Waals surface area contributed by atoms with Crippen LogP contribution in [0.3, 0.4) is 0 Å². The summed E-state index contributed by atoms with van der Waals surface area (Å²) >= 11 is 0. The van der Waals surface area contributed by atoms with Gasteiger partial charge in [-0.2, -0.15) is 0 Å². The van der Waals surface area contributed by atoms with Gasteiger partial charge in [-0.1, -0.05) is 0 Å². The number of carbonyl (C=O) groups excluding carboxylic acids is 3. The number of esters is 2. The van der Waals surface area contributed by atoms with Gasteiger partial charge < -0.3 is 9.47 Å². The second-order valence-electron chi connectivity index (χ2n) is 5.53. The molecule has 5 nitrogen and oxygen atoms in total. The maximum absolute atomic E-state index is 12.2. The van der Waals surface area contributed by atoms with Gasteiger partial charge in [-0.15, -0.1) is 0 Å². The topological polar surface area (TPSA) is 69.7 Å². The van der Waals surface area contributed by atoms with Gasteiger partial charge in [0.2, 0.25) is 0 Å². The second kappa shape index (κ2) is 6.17. The molecule has 0 aromatic rings. The standard InChI is InChI=1S/C14H22O5/c1-9(2)18-12(16)14(13(17)19-10(3)4)7-5-11(15)6-8-14/h9-10H,5-8H2,1-4H3. The number of ether oxygens (including phenoxy) is 2. The molecule has 0 saturated heterocycles. The molecule has 1 aliphatic rings. The van der Waals surface area contributed by atoms with E-state index in [0.717, 1.165) is 0 Å². The third-order valence-corrected chi connectivity index (χ3v) is 3.13. The summed E-state index contributed by atoms with van der Waals surface area (Å²) in [5.41, 5.74) is -1.30. The third kappa shape index (κ3) is 3.78. The fourth-order valence-electron chi connectivity index (χ4n) is 2.10. The summed E-state index contributed by atoms with van der Waals surface area (Å²) in [6.07, 6.45) is 0.217. The van der Waals surface area contributed by atoms with E-state index in [4.69, 9.17) is 9.47 Å². The SMILES string of the molecule is CC(C)OC(=O)C1(C(=O)OC(C)C)CCC(=O)CC1. The Morgan fingerprint density at radius 2 is 1.32 bits per heavy atom. The largest absolute Gasteiger partial charge is 0.462 e. The van der Waals surface area contributed by atoms with E-state index in [1.54, 1.807) is 27.7 Å². The molecule has 0 atom stereocenters. The van der Waals surface area contributed by atoms with Crippen molar-refractivity contribution in [3.8, 4) is 0 Å². The molecule has 19 heavy (non-hydrogen) atoms. The number of hydrogen-bond donors (Lipinski definition) is 0. The van der Waals surface area contributed by atoms with Crippen molar-refractivity contribution in [3.63, 3.8) is 0 Å². The van der Waals surface area contributed by atoms with E-state index in [0.29, 0.717) is 0 Å². The van der Waals surface area contributed by atoms with Crippen LogP contribution in [0.25, 0.3) is 0 Å². The smallest absolute Gasteiger partial charge is 0.323 e. The number of Topliss-reactive ketones (excluding diaryl/α,β-unsaturated/α-hetero) is 1. The van der Waals surface area contributed by atoms with E-state index in [1.165, 1.54) is 0 Å². The van der Waals surface area contributed by atoms with Gasteiger partial charge in [-0.05, 0) is 40.5 Å². The Balaban J connectivity index is 2.93. The van der Waals surface area contributed by atoms with Gasteiger partial charge in [-0.25, -0.2) is 0 Å². The van der Waals surface area contributed by atoms with E-state index in [1.807, 2.05) is 0 Å². The van der Waals surface area contributed by atoms with Crippen molar-refractivity contribution in [2.45, 2.75) is 65.6 Å². The summed E-state index contributed by atoms with van der Waals surface area (Å²) in [5, 5.41) is 0. The fraction of sp³-hybridized carbons (Fsp3) is 0.786. The Hall–Kier alpha value is -1.39. The van der Waals surface area contributed by atoms with Crippen LogP contribution >= 0.6 is 0 Å². The minimum absolute atomic E-state index is 0.0744. The van der Waals surface area contributed by atoms with Crippen molar-refractivity contribution in [3.05, 3.63) is 0 Å². The summed E-state index contributed by atoms with van der Waals surface area (Å²) in [4.78, 5) is 35.8. The van der Waals surface area contributed by atoms with E-state index in [9.17, 15) is 14.4 Å². The quantitative estimate of drug-likeness (QED) is 0.577. The Bertz CT molecular complexity index is 336. The molecule has 1 aliphatic carbocycles. The van der Waals surface area contributed by atoms with Crippen molar-refractivity contribution in [2.24, 2.45) is 5.41 Å². The first-order valence-corrected chi connectivity index (χ1v) is 6.72. The highest BCUT2D eigenvalue weighted by Crippen LogP contribution is 2.38. The van der Waals surface area contributed by atoms with Gasteiger partial charge in [0.15, 0.2) is 5.41 Å². The van der Waals surface area contributed by atoms with Crippen LogP contribution in [0, 0.1) is 5.41 Å². The number of rotatable bonds is 4. The molecule has 1 saturated carbocycles. The summed E-state index contributed by atoms with van der Waals surface area (Å²) in [7, 11) is 0. The maximum atomic E-state index is 12.2. The highest BCUT2D eigenvalue weighted by atomic mass is 16.6. The molecule has 0 spiro atoms. The van der Waals surface area contributed by atoms with Crippen molar-refractivity contribution in [1.82, 2.24) is 0 Å². The number of carbonyl (C=O) groups is 3. The van der Waals surface area contributed by atoms with E-state index in [-0.39, 0.29) is 43.7 Å². The first-order chi connectivity index (χ1) is 8.78. The zero-order valence-corrected chi connectivity index (χ0v) is 12.0. The van der Waals surface area contributed by atoms with Gasteiger partial charge in [0.1, 0.15) is 5.78 Å². The molecule has 0 radical (unpaired) electrons. The van der Waals surface area contributed by atoms with Crippen LogP contribution in [0.2, 0.25) is 0 Å². The molecule has 1 rings (SSSR count). The lowest BCUT2D eigenvalue weighted by atomic mass is 9.73. The van der Waals surface area contributed by atoms with E-state index < -0.39 is 17.4 Å². The second-order valence-corrected chi connectivity index (χ2v) is 5.53. The van der Waals surface area contributed by atoms with Crippen molar-refractivity contribution >= 4 is 17.7 Å². The minimum atomic E-state index is -1.30. The van der Waals surface area contributed by atoms with Crippen molar-refractivity contribution in [1.29, 1.82) is 0 Å². The van der Waals surface area contributed by atoms with Gasteiger partial charge in [0.05, 0.1) is 12.2 Å². The number of hydrogen-bond acceptors (Lipinski definition) is 5. The molecule has 0 aromatic carbocycles. The van der Waals surface area contributed by atoms with Crippen LogP contribution < -0.4 is 0 Å². The first-order valence-electron chi connectivity index (χ1n) is 6.72. The normalized spacial score (nSPS) is 18.5. The molecular weight excluding hydrogens is 248 g/mol. The highest BCUT2D eigenvalue weighted by molar-refractivity contribution is 6.02. The molecule has 0 N–H and O–H groups in total. The van der Waals surface area contributed by atoms with Gasteiger partial charge in [-0.3, -0.25) is 14.4 Å². The molecule has 108 valence electrons. The minimum Gasteiger partial charge on any atom is -0.462 e. The lowest BCUT2D eigenvalue weighted by Crippen LogP contribution is -2.46. The van der Waals surface area contributed by atoms with Crippen LogP contribution in [0.15, 0.2) is 0 Å². The third-order valence-electron chi connectivity index (χ3n) is 3.13. The van der Waals surface area contributed by atoms with Crippen LogP contribution in [-0.2, 0) is 23.9 Å². The molecule has 5 heteroatoms. The monoisotopic (exact) mass is 270 g/mol. The summed E-state index contributed by atoms with van der Waals surface area (Å²) < 4.78 is 10.4. The lowest BCUT2D eigenvalue weighted by molar-refractivity contribution is -0.179. The van der Waals surface area contributed by atoms with Crippen molar-refractivity contribution < 1.29 is 23.9 Å². The Morgan fingerprint density at radius 3 is 1.63 bits per heavy atom. The predicted octanol–water partition coefficient (Wildman–Crippen LogP) is 2.02. The molecule has 1 fully saturated rings. The molecule has 0 amide bonds. The van der Waals surface area contributed by atoms with E-state index in [2.05, 4.69) is 0 Å². The summed E-state index contributed by atoms with van der Waals surface area (Å²) in [5.74, 6) is -1.06.